The molecule has 19 heavy (non-hydrogen) atoms. The van der Waals surface area contributed by atoms with Crippen molar-refractivity contribution in [1.82, 2.24) is 4.98 Å². The molecule has 3 rings (SSSR count). The van der Waals surface area contributed by atoms with Gasteiger partial charge in [-0.3, -0.25) is 0 Å². The van der Waals surface area contributed by atoms with Crippen molar-refractivity contribution in [3.63, 3.8) is 0 Å². The largest absolute Gasteiger partial charge is 0.496 e. The second-order valence-corrected chi connectivity index (χ2v) is 7.36. The second kappa shape index (κ2) is 4.37. The highest BCUT2D eigenvalue weighted by Gasteiger charge is 2.37. The first-order valence-electron chi connectivity index (χ1n) is 6.32. The average molecular weight is 322 g/mol. The lowest BCUT2D eigenvalue weighted by Crippen LogP contribution is -2.33. The zero-order valence-corrected chi connectivity index (χ0v) is 12.8. The highest BCUT2D eigenvalue weighted by molar-refractivity contribution is 9.10. The first kappa shape index (κ1) is 12.7. The zero-order chi connectivity index (χ0) is 13.6. The number of halogens is 1. The van der Waals surface area contributed by atoms with Gasteiger partial charge in [0.2, 0.25) is 5.88 Å². The van der Waals surface area contributed by atoms with Crippen LogP contribution in [-0.2, 0) is 6.42 Å². The van der Waals surface area contributed by atoms with E-state index < -0.39 is 0 Å². The van der Waals surface area contributed by atoms with Crippen LogP contribution in [0.15, 0.2) is 24.3 Å². The SMILES string of the molecule is COc1c2c(nc3ccccc13)O[C@H](C(C)(C)Br)C2. The molecule has 1 aromatic heterocycles. The number of aromatic nitrogens is 1. The summed E-state index contributed by atoms with van der Waals surface area (Å²) < 4.78 is 11.5. The van der Waals surface area contributed by atoms with Crippen LogP contribution >= 0.6 is 15.9 Å². The van der Waals surface area contributed by atoms with E-state index in [1.165, 1.54) is 0 Å². The predicted octanol–water partition coefficient (Wildman–Crippen LogP) is 3.72. The van der Waals surface area contributed by atoms with Crippen molar-refractivity contribution in [1.29, 1.82) is 0 Å². The third-order valence-corrected chi connectivity index (χ3v) is 4.03. The molecule has 0 saturated heterocycles. The Morgan fingerprint density at radius 1 is 1.37 bits per heavy atom. The van der Waals surface area contributed by atoms with Gasteiger partial charge in [-0.15, -0.1) is 0 Å². The summed E-state index contributed by atoms with van der Waals surface area (Å²) in [5.74, 6) is 1.59. The maximum atomic E-state index is 5.98. The van der Waals surface area contributed by atoms with Crippen LogP contribution < -0.4 is 9.47 Å². The van der Waals surface area contributed by atoms with Crippen molar-refractivity contribution in [2.24, 2.45) is 0 Å². The van der Waals surface area contributed by atoms with Crippen LogP contribution in [0.5, 0.6) is 11.6 Å². The number of hydrogen-bond acceptors (Lipinski definition) is 3. The summed E-state index contributed by atoms with van der Waals surface area (Å²) in [6, 6.07) is 7.99. The topological polar surface area (TPSA) is 31.4 Å². The summed E-state index contributed by atoms with van der Waals surface area (Å²) in [6.45, 7) is 4.21. The number of fused-ring (bicyclic) bond motifs is 2. The molecule has 2 heterocycles. The van der Waals surface area contributed by atoms with Crippen molar-refractivity contribution >= 4 is 26.8 Å². The van der Waals surface area contributed by atoms with E-state index in [1.807, 2.05) is 24.3 Å². The maximum absolute atomic E-state index is 5.98. The van der Waals surface area contributed by atoms with Crippen LogP contribution in [0, 0.1) is 0 Å². The van der Waals surface area contributed by atoms with E-state index in [2.05, 4.69) is 34.8 Å². The fourth-order valence-electron chi connectivity index (χ4n) is 2.45. The van der Waals surface area contributed by atoms with Gasteiger partial charge in [-0.05, 0) is 26.0 Å². The van der Waals surface area contributed by atoms with Gasteiger partial charge in [0, 0.05) is 11.8 Å². The maximum Gasteiger partial charge on any atom is 0.221 e. The van der Waals surface area contributed by atoms with E-state index >= 15 is 0 Å². The Hall–Kier alpha value is -1.29. The Bertz CT molecular complexity index is 634. The molecule has 0 amide bonds. The molecule has 2 aromatic rings. The van der Waals surface area contributed by atoms with Gasteiger partial charge in [-0.2, -0.15) is 0 Å². The second-order valence-electron chi connectivity index (χ2n) is 5.32. The van der Waals surface area contributed by atoms with Crippen LogP contribution in [0.3, 0.4) is 0 Å². The van der Waals surface area contributed by atoms with Gasteiger partial charge < -0.3 is 9.47 Å². The van der Waals surface area contributed by atoms with Crippen LogP contribution in [0.2, 0.25) is 0 Å². The molecule has 1 aliphatic rings. The van der Waals surface area contributed by atoms with E-state index in [0.717, 1.165) is 28.6 Å². The van der Waals surface area contributed by atoms with E-state index in [1.54, 1.807) is 7.11 Å². The van der Waals surface area contributed by atoms with Gasteiger partial charge in [-0.25, -0.2) is 4.98 Å². The zero-order valence-electron chi connectivity index (χ0n) is 11.2. The number of rotatable bonds is 2. The number of benzene rings is 1. The number of para-hydroxylation sites is 1. The first-order chi connectivity index (χ1) is 9.00. The Balaban J connectivity index is 2.17. The molecule has 100 valence electrons. The fourth-order valence-corrected chi connectivity index (χ4v) is 2.71. The molecule has 0 aliphatic carbocycles. The molecule has 0 spiro atoms. The van der Waals surface area contributed by atoms with Crippen LogP contribution in [0.1, 0.15) is 19.4 Å². The molecule has 1 aromatic carbocycles. The average Bonchev–Trinajstić information content (AvgIpc) is 2.79. The van der Waals surface area contributed by atoms with Crippen molar-refractivity contribution in [2.45, 2.75) is 30.7 Å². The van der Waals surface area contributed by atoms with Crippen molar-refractivity contribution < 1.29 is 9.47 Å². The summed E-state index contributed by atoms with van der Waals surface area (Å²) in [7, 11) is 1.70. The minimum atomic E-state index is -0.0924. The van der Waals surface area contributed by atoms with Gasteiger partial charge in [0.1, 0.15) is 11.9 Å². The van der Waals surface area contributed by atoms with E-state index in [9.17, 15) is 0 Å². The number of hydrogen-bond donors (Lipinski definition) is 0. The van der Waals surface area contributed by atoms with E-state index in [-0.39, 0.29) is 10.4 Å². The predicted molar refractivity (Wildman–Crippen MR) is 79.4 cm³/mol. The lowest BCUT2D eigenvalue weighted by atomic mass is 10.0. The minimum absolute atomic E-state index is 0.0701. The molecule has 0 N–H and O–H groups in total. The molecule has 4 heteroatoms. The third-order valence-electron chi connectivity index (χ3n) is 3.52. The van der Waals surface area contributed by atoms with E-state index in [4.69, 9.17) is 9.47 Å². The highest BCUT2D eigenvalue weighted by Crippen LogP contribution is 2.42. The van der Waals surface area contributed by atoms with Gasteiger partial charge in [0.25, 0.3) is 0 Å². The van der Waals surface area contributed by atoms with Crippen LogP contribution in [0.4, 0.5) is 0 Å². The van der Waals surface area contributed by atoms with Gasteiger partial charge in [-0.1, -0.05) is 28.1 Å². The molecule has 0 saturated carbocycles. The molecule has 0 unspecified atom stereocenters. The molecule has 0 radical (unpaired) electrons. The Morgan fingerprint density at radius 2 is 2.11 bits per heavy atom. The number of pyridine rings is 1. The van der Waals surface area contributed by atoms with Crippen LogP contribution in [0.25, 0.3) is 10.9 Å². The van der Waals surface area contributed by atoms with Crippen molar-refractivity contribution in [3.8, 4) is 11.6 Å². The summed E-state index contributed by atoms with van der Waals surface area (Å²) in [5, 5.41) is 1.04. The van der Waals surface area contributed by atoms with Gasteiger partial charge >= 0.3 is 0 Å². The summed E-state index contributed by atoms with van der Waals surface area (Å²) in [6.07, 6.45) is 0.884. The third kappa shape index (κ3) is 2.08. The van der Waals surface area contributed by atoms with E-state index in [0.29, 0.717) is 5.88 Å². The van der Waals surface area contributed by atoms with Gasteiger partial charge in [0.15, 0.2) is 0 Å². The quantitative estimate of drug-likeness (QED) is 0.790. The molecule has 0 fully saturated rings. The van der Waals surface area contributed by atoms with Crippen LogP contribution in [-0.4, -0.2) is 22.5 Å². The smallest absolute Gasteiger partial charge is 0.221 e. The lowest BCUT2D eigenvalue weighted by Gasteiger charge is -2.23. The number of ether oxygens (including phenoxy) is 2. The molecule has 3 nitrogen and oxygen atoms in total. The van der Waals surface area contributed by atoms with Crippen molar-refractivity contribution in [2.75, 3.05) is 7.11 Å². The molecule has 1 atom stereocenters. The Kier molecular flexibility index (Phi) is 2.93. The summed E-state index contributed by atoms with van der Waals surface area (Å²) in [4.78, 5) is 4.61. The monoisotopic (exact) mass is 321 g/mol. The Labute approximate surface area is 121 Å². The Morgan fingerprint density at radius 3 is 2.79 bits per heavy atom. The first-order valence-corrected chi connectivity index (χ1v) is 7.11. The minimum Gasteiger partial charge on any atom is -0.496 e. The van der Waals surface area contributed by atoms with Gasteiger partial charge in [0.05, 0.1) is 22.5 Å². The standard InChI is InChI=1S/C15H16BrNO2/c1-15(2,16)12-8-10-13(18-3)9-6-4-5-7-11(9)17-14(10)19-12/h4-7,12H,8H2,1-3H3/t12-/m0/s1. The normalized spacial score (nSPS) is 18.2. The molecular weight excluding hydrogens is 306 g/mol. The molecule has 1 aliphatic heterocycles. The number of alkyl halides is 1. The fraction of sp³-hybridized carbons (Fsp3) is 0.400. The number of methoxy groups -OCH3 is 1. The molecule has 0 bridgehead atoms. The van der Waals surface area contributed by atoms with Crippen molar-refractivity contribution in [3.05, 3.63) is 29.8 Å². The number of nitrogens with zero attached hydrogens (tertiary/aromatic N) is 1. The molecular formula is C15H16BrNO2. The lowest BCUT2D eigenvalue weighted by molar-refractivity contribution is 0.194. The summed E-state index contributed by atoms with van der Waals surface area (Å²) >= 11 is 3.67. The highest BCUT2D eigenvalue weighted by atomic mass is 79.9. The summed E-state index contributed by atoms with van der Waals surface area (Å²) in [5.41, 5.74) is 1.98.